The number of aliphatic imine (C=N–C) groups is 1. The molecule has 0 bridgehead atoms. The van der Waals surface area contributed by atoms with Gasteiger partial charge in [-0.1, -0.05) is 29.8 Å². The first-order valence-corrected chi connectivity index (χ1v) is 12.7. The van der Waals surface area contributed by atoms with Crippen LogP contribution in [0.25, 0.3) is 0 Å². The average molecular weight is 518 g/mol. The minimum Gasteiger partial charge on any atom is -0.386 e. The lowest BCUT2D eigenvalue weighted by Gasteiger charge is -2.40. The molecule has 0 fully saturated rings. The van der Waals surface area contributed by atoms with Crippen molar-refractivity contribution in [3.8, 4) is 0 Å². The molecule has 1 aliphatic heterocycles. The van der Waals surface area contributed by atoms with E-state index in [2.05, 4.69) is 9.98 Å². The molecule has 1 aliphatic rings. The third-order valence-corrected chi connectivity index (χ3v) is 9.17. The van der Waals surface area contributed by atoms with Gasteiger partial charge in [0.25, 0.3) is 0 Å². The molecule has 0 saturated carbocycles. The van der Waals surface area contributed by atoms with Crippen LogP contribution in [0.4, 0.5) is 8.78 Å². The van der Waals surface area contributed by atoms with Crippen LogP contribution in [0, 0.1) is 11.6 Å². The predicted molar refractivity (Wildman–Crippen MR) is 130 cm³/mol. The summed E-state index contributed by atoms with van der Waals surface area (Å²) < 4.78 is 54.1. The molecule has 4 rings (SSSR count). The smallest absolute Gasteiger partial charge is 0.185 e. The number of hydrogen-bond acceptors (Lipinski definition) is 6. The van der Waals surface area contributed by atoms with Crippen LogP contribution in [0.5, 0.6) is 0 Å². The van der Waals surface area contributed by atoms with Crippen molar-refractivity contribution in [2.45, 2.75) is 30.6 Å². The zero-order chi connectivity index (χ0) is 25.6. The fraction of sp³-hybridized carbons (Fsp3) is 0.240. The summed E-state index contributed by atoms with van der Waals surface area (Å²) >= 11 is 5.81. The quantitative estimate of drug-likeness (QED) is 0.507. The van der Waals surface area contributed by atoms with Gasteiger partial charge in [0.05, 0.1) is 10.8 Å². The van der Waals surface area contributed by atoms with Gasteiger partial charge in [0.1, 0.15) is 28.7 Å². The highest BCUT2D eigenvalue weighted by Gasteiger charge is 2.53. The van der Waals surface area contributed by atoms with E-state index in [0.29, 0.717) is 10.6 Å². The molecule has 0 unspecified atom stereocenters. The van der Waals surface area contributed by atoms with Crippen molar-refractivity contribution in [3.05, 3.63) is 99.8 Å². The summed E-state index contributed by atoms with van der Waals surface area (Å²) in [4.78, 5) is 21.1. The van der Waals surface area contributed by atoms with Crippen molar-refractivity contribution in [2.24, 2.45) is 10.7 Å². The maximum absolute atomic E-state index is 15.0. The van der Waals surface area contributed by atoms with Crippen molar-refractivity contribution >= 4 is 33.1 Å². The van der Waals surface area contributed by atoms with E-state index in [0.717, 1.165) is 12.1 Å². The van der Waals surface area contributed by atoms with Gasteiger partial charge in [0, 0.05) is 18.2 Å². The molecule has 3 aromatic rings. The zero-order valence-electron chi connectivity index (χ0n) is 18.9. The van der Waals surface area contributed by atoms with Crippen LogP contribution in [0.3, 0.4) is 0 Å². The van der Waals surface area contributed by atoms with Gasteiger partial charge in [-0.25, -0.2) is 17.2 Å². The Morgan fingerprint density at radius 2 is 1.86 bits per heavy atom. The monoisotopic (exact) mass is 517 g/mol. The molecular formula is C25H22ClF2N3O3S. The van der Waals surface area contributed by atoms with Crippen molar-refractivity contribution in [1.29, 1.82) is 0 Å². The molecule has 0 saturated heterocycles. The largest absolute Gasteiger partial charge is 0.386 e. The Hall–Kier alpha value is -3.17. The highest BCUT2D eigenvalue weighted by Crippen LogP contribution is 2.43. The van der Waals surface area contributed by atoms with Crippen LogP contribution in [0.2, 0.25) is 5.02 Å². The van der Waals surface area contributed by atoms with E-state index < -0.39 is 37.5 Å². The van der Waals surface area contributed by atoms with Crippen LogP contribution in [-0.4, -0.2) is 30.8 Å². The average Bonchev–Trinajstić information content (AvgIpc) is 2.78. The summed E-state index contributed by atoms with van der Waals surface area (Å²) in [7, 11) is -4.08. The molecule has 2 atom stereocenters. The Balaban J connectivity index is 1.74. The number of nitrogens with zero attached hydrogens (tertiary/aromatic N) is 2. The third kappa shape index (κ3) is 4.46. The second-order valence-corrected chi connectivity index (χ2v) is 11.6. The number of amidine groups is 1. The number of hydrogen-bond donors (Lipinski definition) is 1. The van der Waals surface area contributed by atoms with Crippen molar-refractivity contribution in [1.82, 2.24) is 4.98 Å². The highest BCUT2D eigenvalue weighted by molar-refractivity contribution is 7.93. The lowest BCUT2D eigenvalue weighted by atomic mass is 9.90. The summed E-state index contributed by atoms with van der Waals surface area (Å²) in [6.07, 6.45) is 1.26. The molecule has 0 radical (unpaired) electrons. The molecule has 0 amide bonds. The van der Waals surface area contributed by atoms with Gasteiger partial charge < -0.3 is 5.73 Å². The number of sulfone groups is 1. The number of carbonyl (C=O) groups is 1. The second-order valence-electron chi connectivity index (χ2n) is 8.85. The lowest BCUT2D eigenvalue weighted by Crippen LogP contribution is -2.54. The number of carbonyl (C=O) groups excluding carboxylic acids is 1. The minimum atomic E-state index is -4.08. The SMILES string of the molecule is C[C@@]1(c2cc(CC(=O)c3ccc(Cl)cn3)ccc2F)CS(=O)(=O)[C@@](C)(c2cccc(F)c2)C(N)=N1. The number of rotatable bonds is 5. The summed E-state index contributed by atoms with van der Waals surface area (Å²) in [6.45, 7) is 2.83. The fourth-order valence-corrected chi connectivity index (χ4v) is 6.45. The van der Waals surface area contributed by atoms with Crippen molar-refractivity contribution < 1.29 is 22.0 Å². The third-order valence-electron chi connectivity index (χ3n) is 6.31. The summed E-state index contributed by atoms with van der Waals surface area (Å²) in [5.41, 5.74) is 5.40. The normalized spacial score (nSPS) is 23.5. The maximum atomic E-state index is 15.0. The van der Waals surface area contributed by atoms with Crippen LogP contribution in [0.1, 0.15) is 41.0 Å². The van der Waals surface area contributed by atoms with E-state index in [-0.39, 0.29) is 34.9 Å². The molecule has 0 aliphatic carbocycles. The van der Waals surface area contributed by atoms with E-state index >= 15 is 0 Å². The van der Waals surface area contributed by atoms with Gasteiger partial charge in [-0.15, -0.1) is 0 Å². The number of halogens is 3. The topological polar surface area (TPSA) is 102 Å². The molecule has 2 aromatic carbocycles. The molecule has 1 aromatic heterocycles. The van der Waals surface area contributed by atoms with Gasteiger partial charge in [0.2, 0.25) is 0 Å². The Labute approximate surface area is 206 Å². The Kier molecular flexibility index (Phi) is 6.27. The van der Waals surface area contributed by atoms with Gasteiger partial charge in [0.15, 0.2) is 20.4 Å². The molecule has 10 heteroatoms. The summed E-state index contributed by atoms with van der Waals surface area (Å²) in [6, 6.07) is 12.2. The van der Waals surface area contributed by atoms with Crippen LogP contribution in [0.15, 0.2) is 65.8 Å². The standard InChI is InChI=1S/C25H22ClF2N3O3S/c1-24(14-35(33,34)25(2,23(29)31-24)16-4-3-5-18(27)12-16)19-10-15(6-8-20(19)28)11-22(32)21-9-7-17(26)13-30-21/h3-10,12-13H,11,14H2,1-2H3,(H2,29,31)/t24-,25-/m0/s1. The predicted octanol–water partition coefficient (Wildman–Crippen LogP) is 4.35. The highest BCUT2D eigenvalue weighted by atomic mass is 35.5. The number of aromatic nitrogens is 1. The molecule has 35 heavy (non-hydrogen) atoms. The maximum Gasteiger partial charge on any atom is 0.185 e. The van der Waals surface area contributed by atoms with Gasteiger partial charge in [-0.05, 0) is 61.4 Å². The molecule has 2 heterocycles. The van der Waals surface area contributed by atoms with E-state index in [9.17, 15) is 22.0 Å². The van der Waals surface area contributed by atoms with Crippen molar-refractivity contribution in [3.63, 3.8) is 0 Å². The second kappa shape index (κ2) is 8.80. The first-order valence-electron chi connectivity index (χ1n) is 10.6. The Morgan fingerprint density at radius 1 is 1.11 bits per heavy atom. The van der Waals surface area contributed by atoms with Crippen molar-refractivity contribution in [2.75, 3.05) is 5.75 Å². The van der Waals surface area contributed by atoms with E-state index in [1.807, 2.05) is 0 Å². The molecule has 2 N–H and O–H groups in total. The number of pyridine rings is 1. The fourth-order valence-electron chi connectivity index (χ4n) is 4.24. The minimum absolute atomic E-state index is 0.0142. The molecule has 0 spiro atoms. The van der Waals surface area contributed by atoms with E-state index in [1.165, 1.54) is 56.4 Å². The lowest BCUT2D eigenvalue weighted by molar-refractivity contribution is 0.0988. The Morgan fingerprint density at radius 3 is 2.49 bits per heavy atom. The van der Waals surface area contributed by atoms with Crippen LogP contribution < -0.4 is 5.73 Å². The Bertz CT molecular complexity index is 1460. The number of Topliss-reactive ketones (excluding diaryl/α,β-unsaturated/α-hetero) is 1. The number of benzene rings is 2. The molecule has 6 nitrogen and oxygen atoms in total. The molecule has 182 valence electrons. The van der Waals surface area contributed by atoms with Gasteiger partial charge in [-0.2, -0.15) is 0 Å². The summed E-state index contributed by atoms with van der Waals surface area (Å²) in [5.74, 6) is -2.46. The first kappa shape index (κ1) is 24.9. The van der Waals surface area contributed by atoms with Crippen LogP contribution in [-0.2, 0) is 26.5 Å². The van der Waals surface area contributed by atoms with E-state index in [1.54, 1.807) is 6.07 Å². The zero-order valence-corrected chi connectivity index (χ0v) is 20.5. The van der Waals surface area contributed by atoms with Gasteiger partial charge in [-0.3, -0.25) is 14.8 Å². The summed E-state index contributed by atoms with van der Waals surface area (Å²) in [5, 5.41) is 0.387. The van der Waals surface area contributed by atoms with Gasteiger partial charge >= 0.3 is 0 Å². The number of nitrogens with two attached hydrogens (primary N) is 1. The number of ketones is 1. The first-order chi connectivity index (χ1) is 16.4. The van der Waals surface area contributed by atoms with E-state index in [4.69, 9.17) is 17.3 Å². The van der Waals surface area contributed by atoms with Crippen LogP contribution >= 0.6 is 11.6 Å². The molecular weight excluding hydrogens is 496 g/mol.